The number of aromatic nitrogens is 4. The normalized spacial score (nSPS) is 25.1. The number of nitrogens with zero attached hydrogens (tertiary/aromatic N) is 6. The third-order valence-electron chi connectivity index (χ3n) is 12.4. The van der Waals surface area contributed by atoms with Gasteiger partial charge in [-0.05, 0) is 66.5 Å². The number of hydrogen-bond donors (Lipinski definition) is 7. The number of nitrogens with two attached hydrogens (primary N) is 4. The molecular formula is C38H72N10O10Si3. The van der Waals surface area contributed by atoms with Gasteiger partial charge in [0.15, 0.2) is 61.0 Å². The van der Waals surface area contributed by atoms with Crippen molar-refractivity contribution < 1.29 is 38.1 Å². The van der Waals surface area contributed by atoms with Crippen LogP contribution >= 0.6 is 0 Å². The van der Waals surface area contributed by atoms with E-state index in [9.17, 15) is 19.8 Å². The van der Waals surface area contributed by atoms with E-state index < -0.39 is 92.0 Å². The van der Waals surface area contributed by atoms with Gasteiger partial charge in [0.25, 0.3) is 0 Å². The Hall–Kier alpha value is -3.37. The summed E-state index contributed by atoms with van der Waals surface area (Å²) in [6.45, 7) is 33.1. The van der Waals surface area contributed by atoms with Crippen LogP contribution in [-0.4, -0.2) is 121 Å². The first kappa shape index (κ1) is 52.0. The molecule has 2 saturated heterocycles. The second-order valence-electron chi connectivity index (χ2n) is 20.1. The van der Waals surface area contributed by atoms with Crippen LogP contribution < -0.4 is 34.3 Å². The molecule has 11 N–H and O–H groups in total. The number of aliphatic imine (C=N–C) groups is 2. The first-order valence-corrected chi connectivity index (χ1v) is 29.0. The predicted molar refractivity (Wildman–Crippen MR) is 242 cm³/mol. The highest BCUT2D eigenvalue weighted by Gasteiger charge is 2.55. The Morgan fingerprint density at radius 2 is 1.07 bits per heavy atom. The highest BCUT2D eigenvalue weighted by Crippen LogP contribution is 2.46. The Balaban J connectivity index is 0.000000411. The molecule has 346 valence electrons. The molecule has 2 aliphatic heterocycles. The fourth-order valence-corrected chi connectivity index (χ4v) is 9.19. The smallest absolute Gasteiger partial charge is 0.351 e. The standard InChI is InChI=1S/C28H57N5O5Si3.C10H15N5O5/c1-26(2,3)39(10,11)35-18-19-21(37-40(12,13)27(4,5)6)22(38-41(14,15)28(7,8)9)23(36-19)33-17-16-20(31-24(29)30)32-25(33)34;11-9(12)13-5-1-2-15(10(19)14-5)8-7(18)6(17)4(3-16)20-8/h16-17,19,21-23H,18H2,1-15H3,(H4,29,30,31,32,34);1-2,4,6-8,16-18H,3H2,(H4,11,12,13,14,19)/t19-,21?,22+,23-;4-,6?,7+,8-/m11/s1. The number of ether oxygens (including phenoxy) is 2. The fourth-order valence-electron chi connectivity index (χ4n) is 5.57. The summed E-state index contributed by atoms with van der Waals surface area (Å²) in [6.07, 6.45) is -4.08. The van der Waals surface area contributed by atoms with E-state index in [1.807, 2.05) is 0 Å². The minimum absolute atomic E-state index is 0.0120. The first-order valence-electron chi connectivity index (χ1n) is 20.3. The van der Waals surface area contributed by atoms with Crippen molar-refractivity contribution >= 4 is 48.5 Å². The molecule has 0 aromatic carbocycles. The molecule has 2 fully saturated rings. The Kier molecular flexibility index (Phi) is 16.3. The van der Waals surface area contributed by atoms with E-state index in [1.165, 1.54) is 16.8 Å². The van der Waals surface area contributed by atoms with Crippen LogP contribution in [0.5, 0.6) is 0 Å². The molecular weight excluding hydrogens is 841 g/mol. The molecule has 0 amide bonds. The lowest BCUT2D eigenvalue weighted by Crippen LogP contribution is -2.54. The Bertz CT molecular complexity index is 1980. The lowest BCUT2D eigenvalue weighted by Gasteiger charge is -2.44. The molecule has 0 radical (unpaired) electrons. The fraction of sp³-hybridized carbons (Fsp3) is 0.737. The maximum Gasteiger partial charge on any atom is 0.351 e. The molecule has 23 heteroatoms. The first-order chi connectivity index (χ1) is 27.6. The highest BCUT2D eigenvalue weighted by atomic mass is 28.4. The largest absolute Gasteiger partial charge is 0.414 e. The summed E-state index contributed by atoms with van der Waals surface area (Å²) in [4.78, 5) is 40.4. The molecule has 0 saturated carbocycles. The van der Waals surface area contributed by atoms with Crippen LogP contribution in [0.25, 0.3) is 0 Å². The predicted octanol–water partition coefficient (Wildman–Crippen LogP) is 2.61. The van der Waals surface area contributed by atoms with E-state index >= 15 is 0 Å². The van der Waals surface area contributed by atoms with Gasteiger partial charge in [-0.25, -0.2) is 9.59 Å². The SMILES string of the molecule is CC(C)(C)[Si](C)(C)OC[C@H]1O[C@@H](n2ccc(N=C(N)N)nc2=O)[C@@H](O[Si](C)(C)C(C)(C)C)C1O[Si](C)(C)C(C)(C)C.NC(N)=Nc1ccn([C@@H]2O[C@H](CO)C(O)[C@@H]2O)c(=O)n1. The van der Waals surface area contributed by atoms with Gasteiger partial charge in [-0.2, -0.15) is 20.0 Å². The molecule has 2 aromatic rings. The minimum atomic E-state index is -2.34. The number of hydrogen-bond acceptors (Lipinski definition) is 14. The molecule has 20 nitrogen and oxygen atoms in total. The zero-order valence-electron chi connectivity index (χ0n) is 38.5. The number of aliphatic hydroxyl groups excluding tert-OH is 3. The topological polar surface area (TPSA) is 305 Å². The summed E-state index contributed by atoms with van der Waals surface area (Å²) in [6, 6.07) is 2.94. The summed E-state index contributed by atoms with van der Waals surface area (Å²) in [5.41, 5.74) is 20.1. The van der Waals surface area contributed by atoms with Crippen LogP contribution in [0.15, 0.2) is 44.1 Å². The lowest BCUT2D eigenvalue weighted by molar-refractivity contribution is -0.0549. The van der Waals surface area contributed by atoms with Gasteiger partial charge in [-0.3, -0.25) is 9.13 Å². The maximum atomic E-state index is 13.3. The van der Waals surface area contributed by atoms with Crippen LogP contribution in [0.1, 0.15) is 74.8 Å². The van der Waals surface area contributed by atoms with Gasteiger partial charge in [-0.15, -0.1) is 0 Å². The Labute approximate surface area is 362 Å². The number of guanidine groups is 2. The van der Waals surface area contributed by atoms with Crippen molar-refractivity contribution in [3.8, 4) is 0 Å². The zero-order chi connectivity index (χ0) is 46.8. The molecule has 4 heterocycles. The zero-order valence-corrected chi connectivity index (χ0v) is 41.5. The van der Waals surface area contributed by atoms with Crippen molar-refractivity contribution in [3.05, 3.63) is 45.5 Å². The van der Waals surface area contributed by atoms with Crippen molar-refractivity contribution in [2.45, 2.75) is 166 Å². The average molecular weight is 913 g/mol. The van der Waals surface area contributed by atoms with Gasteiger partial charge in [0.1, 0.15) is 36.6 Å². The molecule has 0 bridgehead atoms. The van der Waals surface area contributed by atoms with Crippen LogP contribution in [0, 0.1) is 0 Å². The van der Waals surface area contributed by atoms with Crippen LogP contribution in [0.2, 0.25) is 54.4 Å². The van der Waals surface area contributed by atoms with Gasteiger partial charge >= 0.3 is 11.4 Å². The molecule has 4 rings (SSSR count). The van der Waals surface area contributed by atoms with Gasteiger partial charge in [0.2, 0.25) is 0 Å². The molecule has 2 aromatic heterocycles. The highest BCUT2D eigenvalue weighted by molar-refractivity contribution is 6.75. The van der Waals surface area contributed by atoms with E-state index in [1.54, 1.807) is 12.3 Å². The Morgan fingerprint density at radius 3 is 1.43 bits per heavy atom. The van der Waals surface area contributed by atoms with Crippen LogP contribution in [0.4, 0.5) is 11.6 Å². The van der Waals surface area contributed by atoms with Crippen LogP contribution in [0.3, 0.4) is 0 Å². The van der Waals surface area contributed by atoms with E-state index in [0.29, 0.717) is 6.61 Å². The summed E-state index contributed by atoms with van der Waals surface area (Å²) in [5.74, 6) is -0.268. The van der Waals surface area contributed by atoms with Crippen molar-refractivity contribution in [3.63, 3.8) is 0 Å². The van der Waals surface area contributed by atoms with Crippen LogP contribution in [-0.2, 0) is 22.8 Å². The summed E-state index contributed by atoms with van der Waals surface area (Å²) in [7, 11) is -6.75. The van der Waals surface area contributed by atoms with E-state index in [2.05, 4.69) is 122 Å². The third kappa shape index (κ3) is 12.6. The van der Waals surface area contributed by atoms with E-state index in [-0.39, 0.29) is 38.7 Å². The van der Waals surface area contributed by atoms with Gasteiger partial charge < -0.3 is 61.0 Å². The lowest BCUT2D eigenvalue weighted by atomic mass is 10.1. The van der Waals surface area contributed by atoms with Gasteiger partial charge in [0.05, 0.1) is 13.2 Å². The average Bonchev–Trinajstić information content (AvgIpc) is 3.56. The monoisotopic (exact) mass is 912 g/mol. The molecule has 0 aliphatic carbocycles. The number of rotatable bonds is 12. The van der Waals surface area contributed by atoms with Crippen molar-refractivity contribution in [2.75, 3.05) is 13.2 Å². The van der Waals surface area contributed by atoms with Gasteiger partial charge in [0, 0.05) is 12.4 Å². The molecule has 2 unspecified atom stereocenters. The van der Waals surface area contributed by atoms with Crippen molar-refractivity contribution in [1.29, 1.82) is 0 Å². The molecule has 0 spiro atoms. The molecule has 61 heavy (non-hydrogen) atoms. The van der Waals surface area contributed by atoms with Crippen molar-refractivity contribution in [2.24, 2.45) is 32.9 Å². The second kappa shape index (κ2) is 19.2. The summed E-state index contributed by atoms with van der Waals surface area (Å²) >= 11 is 0. The minimum Gasteiger partial charge on any atom is -0.414 e. The quantitative estimate of drug-likeness (QED) is 0.0915. The van der Waals surface area contributed by atoms with Crippen molar-refractivity contribution in [1.82, 2.24) is 19.1 Å². The second-order valence-corrected chi connectivity index (χ2v) is 34.4. The number of aliphatic hydroxyl groups is 3. The molecule has 2 aliphatic rings. The Morgan fingerprint density at radius 1 is 0.672 bits per heavy atom. The van der Waals surface area contributed by atoms with Gasteiger partial charge in [-0.1, -0.05) is 62.3 Å². The summed E-state index contributed by atoms with van der Waals surface area (Å²) < 4.78 is 35.3. The van der Waals surface area contributed by atoms with E-state index in [0.717, 1.165) is 4.57 Å². The van der Waals surface area contributed by atoms with E-state index in [4.69, 9.17) is 50.8 Å². The maximum absolute atomic E-state index is 13.3. The third-order valence-corrected chi connectivity index (χ3v) is 25.8. The molecule has 8 atom stereocenters. The summed E-state index contributed by atoms with van der Waals surface area (Å²) in [5, 5.41) is 28.3.